The second-order valence-electron chi connectivity index (χ2n) is 6.25. The molecule has 3 rings (SSSR count). The molecule has 130 valence electrons. The minimum Gasteiger partial charge on any atom is -0.497 e. The Kier molecular flexibility index (Phi) is 6.14. The van der Waals surface area contributed by atoms with Crippen molar-refractivity contribution in [1.82, 2.24) is 0 Å². The van der Waals surface area contributed by atoms with Crippen LogP contribution in [0.4, 0.5) is 0 Å². The molecule has 0 saturated carbocycles. The van der Waals surface area contributed by atoms with E-state index in [1.807, 2.05) is 48.5 Å². The zero-order valence-corrected chi connectivity index (χ0v) is 15.8. The van der Waals surface area contributed by atoms with Gasteiger partial charge in [0.15, 0.2) is 0 Å². The van der Waals surface area contributed by atoms with Crippen molar-refractivity contribution in [2.45, 2.75) is 12.1 Å². The van der Waals surface area contributed by atoms with Crippen LogP contribution in [-0.4, -0.2) is 26.4 Å². The van der Waals surface area contributed by atoms with Crippen LogP contribution in [0.5, 0.6) is 5.75 Å². The minimum absolute atomic E-state index is 0.0307. The lowest BCUT2D eigenvalue weighted by molar-refractivity contribution is 0.287. The Morgan fingerprint density at radius 1 is 0.846 bits per heavy atom. The number of hydrogen-bond donors (Lipinski definition) is 1. The summed E-state index contributed by atoms with van der Waals surface area (Å²) in [6.07, 6.45) is 0.612. The van der Waals surface area contributed by atoms with Gasteiger partial charge in [0.05, 0.1) is 23.4 Å². The molecule has 3 aromatic rings. The van der Waals surface area contributed by atoms with E-state index in [4.69, 9.17) is 12.3 Å². The van der Waals surface area contributed by atoms with E-state index in [1.165, 1.54) is 0 Å². The Bertz CT molecular complexity index is 767. The SMILES string of the molecule is [B][P+](c1ccccc1)(c1ccccc1)[C@@H](CCO)c1ccc(OC)cc1. The van der Waals surface area contributed by atoms with Gasteiger partial charge in [-0.1, -0.05) is 48.5 Å². The fourth-order valence-electron chi connectivity index (χ4n) is 3.41. The number of rotatable bonds is 7. The van der Waals surface area contributed by atoms with Crippen molar-refractivity contribution in [3.8, 4) is 5.75 Å². The second kappa shape index (κ2) is 8.53. The molecule has 0 aliphatic heterocycles. The maximum absolute atomic E-state index is 9.79. The Balaban J connectivity index is 2.16. The van der Waals surface area contributed by atoms with Crippen molar-refractivity contribution in [3.05, 3.63) is 90.5 Å². The van der Waals surface area contributed by atoms with Crippen LogP contribution < -0.4 is 15.3 Å². The van der Waals surface area contributed by atoms with Gasteiger partial charge in [0.2, 0.25) is 0 Å². The molecule has 0 saturated heterocycles. The molecule has 1 atom stereocenters. The van der Waals surface area contributed by atoms with Gasteiger partial charge >= 0.3 is 7.57 Å². The number of aliphatic hydroxyl groups is 1. The lowest BCUT2D eigenvalue weighted by atomic mass is 10.1. The predicted molar refractivity (Wildman–Crippen MR) is 112 cm³/mol. The van der Waals surface area contributed by atoms with Crippen molar-refractivity contribution < 1.29 is 9.84 Å². The van der Waals surface area contributed by atoms with Crippen molar-refractivity contribution in [2.24, 2.45) is 0 Å². The number of benzene rings is 3. The zero-order valence-electron chi connectivity index (χ0n) is 15.0. The molecule has 2 nitrogen and oxygen atoms in total. The molecule has 0 fully saturated rings. The molecule has 0 heterocycles. The molecule has 2 radical (unpaired) electrons. The fourth-order valence-corrected chi connectivity index (χ4v) is 6.93. The topological polar surface area (TPSA) is 29.5 Å². The molecular formula is C22H23BO2P+. The summed E-state index contributed by atoms with van der Waals surface area (Å²) in [5.74, 6) is 0.817. The van der Waals surface area contributed by atoms with E-state index in [2.05, 4.69) is 36.4 Å². The van der Waals surface area contributed by atoms with E-state index in [9.17, 15) is 5.11 Å². The van der Waals surface area contributed by atoms with Gasteiger partial charge < -0.3 is 9.84 Å². The quantitative estimate of drug-likeness (QED) is 0.511. The summed E-state index contributed by atoms with van der Waals surface area (Å²) in [5.41, 5.74) is 1.16. The molecule has 0 amide bonds. The molecule has 0 spiro atoms. The first-order chi connectivity index (χ1) is 12.7. The molecule has 26 heavy (non-hydrogen) atoms. The summed E-state index contributed by atoms with van der Waals surface area (Å²) in [4.78, 5) is 0. The summed E-state index contributed by atoms with van der Waals surface area (Å²) < 4.78 is 5.29. The smallest absolute Gasteiger partial charge is 0.378 e. The van der Waals surface area contributed by atoms with E-state index >= 15 is 0 Å². The van der Waals surface area contributed by atoms with Gasteiger partial charge in [-0.2, -0.15) is 0 Å². The van der Waals surface area contributed by atoms with Gasteiger partial charge in [-0.3, -0.25) is 0 Å². The van der Waals surface area contributed by atoms with E-state index in [0.717, 1.165) is 21.9 Å². The van der Waals surface area contributed by atoms with Gasteiger partial charge in [-0.15, -0.1) is 0 Å². The number of ether oxygens (including phenoxy) is 1. The van der Waals surface area contributed by atoms with Crippen molar-refractivity contribution in [2.75, 3.05) is 13.7 Å². The van der Waals surface area contributed by atoms with Crippen LogP contribution in [0.2, 0.25) is 0 Å². The third kappa shape index (κ3) is 3.70. The predicted octanol–water partition coefficient (Wildman–Crippen LogP) is 3.87. The van der Waals surface area contributed by atoms with Crippen LogP contribution in [0, 0.1) is 0 Å². The first kappa shape index (κ1) is 18.7. The summed E-state index contributed by atoms with van der Waals surface area (Å²) >= 11 is 0. The largest absolute Gasteiger partial charge is 0.497 e. The highest BCUT2D eigenvalue weighted by Crippen LogP contribution is 2.65. The Hall–Kier alpha value is -2.09. The summed E-state index contributed by atoms with van der Waals surface area (Å²) in [6.45, 7) is 0.0926. The van der Waals surface area contributed by atoms with Crippen molar-refractivity contribution in [3.63, 3.8) is 0 Å². The number of hydrogen-bond acceptors (Lipinski definition) is 2. The van der Waals surface area contributed by atoms with Gasteiger partial charge in [0.25, 0.3) is 0 Å². The van der Waals surface area contributed by atoms with Gasteiger partial charge in [-0.05, 0) is 42.0 Å². The van der Waals surface area contributed by atoms with Crippen LogP contribution in [0.1, 0.15) is 17.6 Å². The molecular weight excluding hydrogens is 338 g/mol. The first-order valence-electron chi connectivity index (χ1n) is 8.73. The third-order valence-corrected chi connectivity index (χ3v) is 8.61. The molecule has 0 aliphatic carbocycles. The van der Waals surface area contributed by atoms with Gasteiger partial charge in [-0.25, -0.2) is 0 Å². The van der Waals surface area contributed by atoms with Crippen molar-refractivity contribution >= 4 is 25.3 Å². The summed E-state index contributed by atoms with van der Waals surface area (Å²) in [7, 11) is 6.66. The summed E-state index contributed by atoms with van der Waals surface area (Å²) in [5, 5.41) is 12.1. The summed E-state index contributed by atoms with van der Waals surface area (Å²) in [6, 6.07) is 28.6. The monoisotopic (exact) mass is 361 g/mol. The molecule has 0 bridgehead atoms. The average Bonchev–Trinajstić information content (AvgIpc) is 2.73. The van der Waals surface area contributed by atoms with E-state index in [1.54, 1.807) is 7.11 Å². The zero-order chi connectivity index (χ0) is 18.4. The molecule has 4 heteroatoms. The van der Waals surface area contributed by atoms with Crippen LogP contribution in [-0.2, 0) is 0 Å². The first-order valence-corrected chi connectivity index (χ1v) is 10.7. The van der Waals surface area contributed by atoms with E-state index in [-0.39, 0.29) is 12.3 Å². The highest BCUT2D eigenvalue weighted by atomic mass is 31.2. The standard InChI is InChI=1S/C22H23BO2P/c1-25-19-14-12-18(13-15-19)22(16-17-24)26(23,20-8-4-2-5-9-20)21-10-6-3-7-11-21/h2-15,22,24H,16-17H2,1H3/q+1/t22-/m0/s1. The fraction of sp³-hybridized carbons (Fsp3) is 0.182. The third-order valence-electron chi connectivity index (χ3n) is 4.76. The molecule has 1 N–H and O–H groups in total. The van der Waals surface area contributed by atoms with Crippen molar-refractivity contribution in [1.29, 1.82) is 0 Å². The Labute approximate surface area is 157 Å². The van der Waals surface area contributed by atoms with Crippen LogP contribution in [0.15, 0.2) is 84.9 Å². The molecule has 0 unspecified atom stereocenters. The van der Waals surface area contributed by atoms with Gasteiger partial charge in [0, 0.05) is 20.2 Å². The lowest BCUT2D eigenvalue weighted by Gasteiger charge is -2.32. The second-order valence-corrected chi connectivity index (χ2v) is 9.46. The molecule has 0 aliphatic rings. The van der Waals surface area contributed by atoms with Crippen LogP contribution >= 0.6 is 7.14 Å². The average molecular weight is 361 g/mol. The number of methoxy groups -OCH3 is 1. The molecule has 3 aromatic carbocycles. The normalized spacial score (nSPS) is 12.5. The van der Waals surface area contributed by atoms with Crippen LogP contribution in [0.25, 0.3) is 0 Å². The lowest BCUT2D eigenvalue weighted by Crippen LogP contribution is -2.28. The van der Waals surface area contributed by atoms with Gasteiger partial charge in [0.1, 0.15) is 5.75 Å². The maximum Gasteiger partial charge on any atom is 0.378 e. The van der Waals surface area contributed by atoms with E-state index < -0.39 is 7.14 Å². The highest BCUT2D eigenvalue weighted by Gasteiger charge is 2.45. The van der Waals surface area contributed by atoms with Crippen LogP contribution in [0.3, 0.4) is 0 Å². The Morgan fingerprint density at radius 2 is 1.35 bits per heavy atom. The number of aliphatic hydroxyl groups excluding tert-OH is 1. The molecule has 0 aromatic heterocycles. The minimum atomic E-state index is -2.25. The van der Waals surface area contributed by atoms with E-state index in [0.29, 0.717) is 6.42 Å². The Morgan fingerprint density at radius 3 is 1.77 bits per heavy atom. The highest BCUT2D eigenvalue weighted by molar-refractivity contribution is 8.08. The maximum atomic E-state index is 9.79.